The Kier molecular flexibility index (Phi) is 5.36. The largest absolute Gasteiger partial charge is 0.332 e. The summed E-state index contributed by atoms with van der Waals surface area (Å²) in [6.45, 7) is 7.15. The third-order valence-corrected chi connectivity index (χ3v) is 6.54. The van der Waals surface area contributed by atoms with Gasteiger partial charge in [-0.3, -0.25) is 9.79 Å². The molecule has 0 bridgehead atoms. The number of carbonyl (C=O) groups excluding carboxylic acids is 1. The molecule has 3 nitrogen and oxygen atoms in total. The quantitative estimate of drug-likeness (QED) is 0.465. The summed E-state index contributed by atoms with van der Waals surface area (Å²) in [6, 6.07) is 8.97. The van der Waals surface area contributed by atoms with Crippen molar-refractivity contribution in [2.75, 3.05) is 6.54 Å². The van der Waals surface area contributed by atoms with E-state index >= 15 is 0 Å². The molecular formula is C23H21Cl2FN2O. The SMILES string of the molecule is C=C(CC)[C@H]1NCC[C@@H](c2cc(Cl)cc(C(=O)F)c2)[C@]12C=Nc1cc(Cl)ccc12. The molecule has 1 fully saturated rings. The number of nitrogens with one attached hydrogen (secondary N) is 1. The summed E-state index contributed by atoms with van der Waals surface area (Å²) in [5.74, 6) is -0.0555. The van der Waals surface area contributed by atoms with E-state index in [0.29, 0.717) is 10.0 Å². The highest BCUT2D eigenvalue weighted by atomic mass is 35.5. The lowest BCUT2D eigenvalue weighted by Crippen LogP contribution is -2.57. The Bertz CT molecular complexity index is 1040. The maximum atomic E-state index is 13.5. The van der Waals surface area contributed by atoms with Crippen LogP contribution in [-0.2, 0) is 5.41 Å². The van der Waals surface area contributed by atoms with Crippen molar-refractivity contribution in [3.05, 3.63) is 75.3 Å². The van der Waals surface area contributed by atoms with Crippen LogP contribution in [0.1, 0.15) is 47.2 Å². The first-order valence-electron chi connectivity index (χ1n) is 9.63. The predicted octanol–water partition coefficient (Wildman–Crippen LogP) is 6.17. The van der Waals surface area contributed by atoms with E-state index in [2.05, 4.69) is 18.8 Å². The Hall–Kier alpha value is -2.01. The van der Waals surface area contributed by atoms with Crippen molar-refractivity contribution in [2.45, 2.75) is 37.1 Å². The standard InChI is InChI=1S/C23H21Cl2FN2O/c1-3-13(2)21-23(12-28-20-11-16(24)4-5-19(20)23)18(6-7-27-21)14-8-15(22(26)29)10-17(25)9-14/h4-5,8-12,18,21,27H,2-3,6-7H2,1H3/t18-,21+,23-/m0/s1. The van der Waals surface area contributed by atoms with E-state index < -0.39 is 11.5 Å². The first-order chi connectivity index (χ1) is 13.9. The van der Waals surface area contributed by atoms with E-state index in [9.17, 15) is 9.18 Å². The number of carbonyl (C=O) groups is 1. The molecule has 0 amide bonds. The molecule has 3 atom stereocenters. The molecule has 6 heteroatoms. The monoisotopic (exact) mass is 430 g/mol. The van der Waals surface area contributed by atoms with Gasteiger partial charge in [0.1, 0.15) is 0 Å². The van der Waals surface area contributed by atoms with Gasteiger partial charge >= 0.3 is 6.04 Å². The highest BCUT2D eigenvalue weighted by Gasteiger charge is 2.52. The number of aliphatic imine (C=N–C) groups is 1. The molecule has 1 N–H and O–H groups in total. The lowest BCUT2D eigenvalue weighted by atomic mass is 9.60. The van der Waals surface area contributed by atoms with Gasteiger partial charge in [0.2, 0.25) is 0 Å². The molecule has 0 saturated carbocycles. The van der Waals surface area contributed by atoms with Crippen molar-refractivity contribution in [2.24, 2.45) is 4.99 Å². The molecule has 2 aromatic rings. The van der Waals surface area contributed by atoms with Gasteiger partial charge in [-0.2, -0.15) is 4.39 Å². The number of rotatable bonds is 4. The Morgan fingerprint density at radius 3 is 2.79 bits per heavy atom. The van der Waals surface area contributed by atoms with E-state index in [-0.39, 0.29) is 17.5 Å². The van der Waals surface area contributed by atoms with Crippen LogP contribution < -0.4 is 5.32 Å². The Labute approximate surface area is 179 Å². The summed E-state index contributed by atoms with van der Waals surface area (Å²) in [4.78, 5) is 16.1. The maximum absolute atomic E-state index is 13.5. The van der Waals surface area contributed by atoms with Crippen LogP contribution >= 0.6 is 23.2 Å². The van der Waals surface area contributed by atoms with Crippen LogP contribution in [0.2, 0.25) is 10.0 Å². The van der Waals surface area contributed by atoms with E-state index in [4.69, 9.17) is 28.2 Å². The highest BCUT2D eigenvalue weighted by molar-refractivity contribution is 6.31. The first kappa shape index (κ1) is 20.3. The lowest BCUT2D eigenvalue weighted by Gasteiger charge is -2.48. The molecule has 0 aromatic heterocycles. The van der Waals surface area contributed by atoms with Gasteiger partial charge in [-0.15, -0.1) is 0 Å². The van der Waals surface area contributed by atoms with Crippen molar-refractivity contribution in [1.29, 1.82) is 0 Å². The number of nitrogens with zero attached hydrogens (tertiary/aromatic N) is 1. The molecule has 0 radical (unpaired) electrons. The number of fused-ring (bicyclic) bond motifs is 2. The number of hydrogen-bond acceptors (Lipinski definition) is 3. The highest BCUT2D eigenvalue weighted by Crippen LogP contribution is 2.53. The minimum atomic E-state index is -1.49. The predicted molar refractivity (Wildman–Crippen MR) is 117 cm³/mol. The molecule has 150 valence electrons. The van der Waals surface area contributed by atoms with Gasteiger partial charge in [0.25, 0.3) is 0 Å². The first-order valence-corrected chi connectivity index (χ1v) is 10.4. The molecule has 2 aliphatic heterocycles. The Morgan fingerprint density at radius 2 is 2.07 bits per heavy atom. The zero-order chi connectivity index (χ0) is 20.8. The molecule has 1 spiro atoms. The minimum absolute atomic E-state index is 0.0293. The summed E-state index contributed by atoms with van der Waals surface area (Å²) < 4.78 is 13.5. The van der Waals surface area contributed by atoms with Gasteiger partial charge in [-0.1, -0.05) is 48.3 Å². The average molecular weight is 431 g/mol. The summed E-state index contributed by atoms with van der Waals surface area (Å²) in [6.07, 6.45) is 3.56. The Balaban J connectivity index is 1.94. The second-order valence-corrected chi connectivity index (χ2v) is 8.51. The zero-order valence-corrected chi connectivity index (χ0v) is 17.5. The summed E-state index contributed by atoms with van der Waals surface area (Å²) in [7, 11) is 0. The second kappa shape index (κ2) is 7.67. The van der Waals surface area contributed by atoms with Gasteiger partial charge in [0, 0.05) is 28.2 Å². The van der Waals surface area contributed by atoms with Gasteiger partial charge in [-0.05, 0) is 60.8 Å². The van der Waals surface area contributed by atoms with E-state index in [0.717, 1.165) is 41.8 Å². The molecule has 2 heterocycles. The van der Waals surface area contributed by atoms with Crippen molar-refractivity contribution in [3.8, 4) is 0 Å². The molecule has 2 aliphatic rings. The van der Waals surface area contributed by atoms with Crippen LogP contribution in [0.3, 0.4) is 0 Å². The van der Waals surface area contributed by atoms with Gasteiger partial charge in [0.15, 0.2) is 0 Å². The average Bonchev–Trinajstić information content (AvgIpc) is 3.05. The van der Waals surface area contributed by atoms with Crippen LogP contribution in [0, 0.1) is 0 Å². The smallest absolute Gasteiger partial charge is 0.309 e. The van der Waals surface area contributed by atoms with Gasteiger partial charge in [-0.25, -0.2) is 0 Å². The van der Waals surface area contributed by atoms with Crippen molar-refractivity contribution < 1.29 is 9.18 Å². The topological polar surface area (TPSA) is 41.5 Å². The summed E-state index contributed by atoms with van der Waals surface area (Å²) in [5, 5.41) is 4.58. The summed E-state index contributed by atoms with van der Waals surface area (Å²) >= 11 is 12.5. The normalized spacial score (nSPS) is 25.2. The fourth-order valence-electron chi connectivity index (χ4n) is 4.77. The van der Waals surface area contributed by atoms with Crippen LogP contribution in [0.25, 0.3) is 0 Å². The molecule has 4 rings (SSSR count). The van der Waals surface area contributed by atoms with Crippen LogP contribution in [0.4, 0.5) is 10.1 Å². The van der Waals surface area contributed by atoms with E-state index in [1.807, 2.05) is 30.5 Å². The van der Waals surface area contributed by atoms with E-state index in [1.54, 1.807) is 6.07 Å². The zero-order valence-electron chi connectivity index (χ0n) is 16.0. The fraction of sp³-hybridized carbons (Fsp3) is 0.304. The fourth-order valence-corrected chi connectivity index (χ4v) is 5.18. The molecule has 0 aliphatic carbocycles. The van der Waals surface area contributed by atoms with Crippen LogP contribution in [-0.4, -0.2) is 24.8 Å². The third kappa shape index (κ3) is 3.33. The lowest BCUT2D eigenvalue weighted by molar-refractivity contribution is 0.0835. The van der Waals surface area contributed by atoms with Gasteiger partial charge in [0.05, 0.1) is 16.7 Å². The van der Waals surface area contributed by atoms with Crippen molar-refractivity contribution in [3.63, 3.8) is 0 Å². The van der Waals surface area contributed by atoms with Gasteiger partial charge < -0.3 is 5.32 Å². The third-order valence-electron chi connectivity index (χ3n) is 6.09. The van der Waals surface area contributed by atoms with Crippen molar-refractivity contribution in [1.82, 2.24) is 5.32 Å². The molecule has 0 unspecified atom stereocenters. The number of halogens is 3. The van der Waals surface area contributed by atoms with Crippen molar-refractivity contribution >= 4 is 41.1 Å². The second-order valence-electron chi connectivity index (χ2n) is 7.64. The van der Waals surface area contributed by atoms with E-state index in [1.165, 1.54) is 6.07 Å². The maximum Gasteiger partial charge on any atom is 0.332 e. The molecule has 1 saturated heterocycles. The summed E-state index contributed by atoms with van der Waals surface area (Å²) in [5.41, 5.74) is 3.21. The number of piperidine rings is 1. The number of benzene rings is 2. The Morgan fingerprint density at radius 1 is 1.28 bits per heavy atom. The number of hydrogen-bond donors (Lipinski definition) is 1. The molecule has 2 aromatic carbocycles. The van der Waals surface area contributed by atoms with Crippen LogP contribution in [0.5, 0.6) is 0 Å². The minimum Gasteiger partial charge on any atom is -0.309 e. The van der Waals surface area contributed by atoms with Crippen LogP contribution in [0.15, 0.2) is 53.5 Å². The molecule has 29 heavy (non-hydrogen) atoms. The molecular weight excluding hydrogens is 410 g/mol.